The van der Waals surface area contributed by atoms with Gasteiger partial charge in [-0.3, -0.25) is 10.1 Å². The second-order valence-electron chi connectivity index (χ2n) is 4.25. The number of para-hydroxylation sites is 1. The third-order valence-corrected chi connectivity index (χ3v) is 3.49. The van der Waals surface area contributed by atoms with E-state index in [1.165, 1.54) is 6.07 Å². The number of hydrogen-bond acceptors (Lipinski definition) is 4. The van der Waals surface area contributed by atoms with E-state index in [-0.39, 0.29) is 23.4 Å². The Kier molecular flexibility index (Phi) is 6.05. The van der Waals surface area contributed by atoms with Crippen molar-refractivity contribution in [2.45, 2.75) is 32.7 Å². The van der Waals surface area contributed by atoms with Crippen molar-refractivity contribution in [3.8, 4) is 0 Å². The highest BCUT2D eigenvalue weighted by atomic mass is 35.5. The summed E-state index contributed by atoms with van der Waals surface area (Å²) < 4.78 is 0. The monoisotopic (exact) mass is 286 g/mol. The molecule has 106 valence electrons. The molecule has 0 bridgehead atoms. The zero-order chi connectivity index (χ0) is 14.4. The minimum absolute atomic E-state index is 0.0554. The molecule has 19 heavy (non-hydrogen) atoms. The van der Waals surface area contributed by atoms with Crippen LogP contribution in [0.5, 0.6) is 0 Å². The van der Waals surface area contributed by atoms with Crippen LogP contribution in [0.1, 0.15) is 26.7 Å². The van der Waals surface area contributed by atoms with E-state index in [0.29, 0.717) is 12.2 Å². The van der Waals surface area contributed by atoms with Gasteiger partial charge in [-0.1, -0.05) is 31.5 Å². The van der Waals surface area contributed by atoms with E-state index in [4.69, 9.17) is 11.6 Å². The van der Waals surface area contributed by atoms with Crippen molar-refractivity contribution in [2.24, 2.45) is 0 Å². The summed E-state index contributed by atoms with van der Waals surface area (Å²) in [5, 5.41) is 20.5. The van der Waals surface area contributed by atoms with Gasteiger partial charge in [0.05, 0.1) is 11.5 Å². The molecule has 0 aromatic heterocycles. The molecule has 5 nitrogen and oxygen atoms in total. The fourth-order valence-corrected chi connectivity index (χ4v) is 2.49. The van der Waals surface area contributed by atoms with Gasteiger partial charge in [-0.05, 0) is 25.0 Å². The SMILES string of the molecule is CCC(CC)N(CCO)c1cccc(Cl)c1[N+](=O)[O-]. The van der Waals surface area contributed by atoms with Gasteiger partial charge >= 0.3 is 5.69 Å². The lowest BCUT2D eigenvalue weighted by Gasteiger charge is -2.31. The summed E-state index contributed by atoms with van der Waals surface area (Å²) in [5.41, 5.74) is 0.379. The fourth-order valence-electron chi connectivity index (χ4n) is 2.25. The molecular formula is C13H19ClN2O3. The first kappa shape index (κ1) is 15.7. The highest BCUT2D eigenvalue weighted by Crippen LogP contribution is 2.36. The molecule has 1 aromatic carbocycles. The molecule has 0 radical (unpaired) electrons. The Morgan fingerprint density at radius 2 is 2.05 bits per heavy atom. The average Bonchev–Trinajstić information content (AvgIpc) is 2.38. The summed E-state index contributed by atoms with van der Waals surface area (Å²) in [6.07, 6.45) is 1.69. The van der Waals surface area contributed by atoms with E-state index in [1.807, 2.05) is 18.7 Å². The normalized spacial score (nSPS) is 10.8. The predicted molar refractivity (Wildman–Crippen MR) is 76.9 cm³/mol. The second kappa shape index (κ2) is 7.31. The lowest BCUT2D eigenvalue weighted by Crippen LogP contribution is -2.37. The van der Waals surface area contributed by atoms with Crippen LogP contribution < -0.4 is 4.90 Å². The molecule has 0 amide bonds. The summed E-state index contributed by atoms with van der Waals surface area (Å²) in [6, 6.07) is 5.02. The first-order chi connectivity index (χ1) is 9.06. The summed E-state index contributed by atoms with van der Waals surface area (Å²) >= 11 is 5.93. The van der Waals surface area contributed by atoms with E-state index in [1.54, 1.807) is 12.1 Å². The summed E-state index contributed by atoms with van der Waals surface area (Å²) in [7, 11) is 0. The Morgan fingerprint density at radius 1 is 1.42 bits per heavy atom. The number of aliphatic hydroxyl groups is 1. The Morgan fingerprint density at radius 3 is 2.53 bits per heavy atom. The van der Waals surface area contributed by atoms with Crippen molar-refractivity contribution < 1.29 is 10.0 Å². The topological polar surface area (TPSA) is 66.6 Å². The second-order valence-corrected chi connectivity index (χ2v) is 4.66. The van der Waals surface area contributed by atoms with Crippen LogP contribution in [0.25, 0.3) is 0 Å². The molecule has 0 saturated carbocycles. The van der Waals surface area contributed by atoms with E-state index in [0.717, 1.165) is 12.8 Å². The molecule has 1 aromatic rings. The van der Waals surface area contributed by atoms with E-state index >= 15 is 0 Å². The quantitative estimate of drug-likeness (QED) is 0.617. The third-order valence-electron chi connectivity index (χ3n) is 3.18. The number of nitro benzene ring substituents is 1. The molecule has 0 heterocycles. The van der Waals surface area contributed by atoms with Crippen molar-refractivity contribution in [1.82, 2.24) is 0 Å². The Labute approximate surface area is 117 Å². The highest BCUT2D eigenvalue weighted by Gasteiger charge is 2.26. The average molecular weight is 287 g/mol. The molecule has 0 fully saturated rings. The number of aliphatic hydroxyl groups excluding tert-OH is 1. The summed E-state index contributed by atoms with van der Waals surface area (Å²) in [6.45, 7) is 4.34. The fraction of sp³-hybridized carbons (Fsp3) is 0.538. The molecule has 0 saturated heterocycles. The predicted octanol–water partition coefficient (Wildman–Crippen LogP) is 3.24. The Hall–Kier alpha value is -1.33. The van der Waals surface area contributed by atoms with Crippen molar-refractivity contribution in [3.05, 3.63) is 33.3 Å². The number of hydrogen-bond donors (Lipinski definition) is 1. The lowest BCUT2D eigenvalue weighted by atomic mass is 10.1. The van der Waals surface area contributed by atoms with Crippen molar-refractivity contribution in [3.63, 3.8) is 0 Å². The largest absolute Gasteiger partial charge is 0.395 e. The molecule has 6 heteroatoms. The highest BCUT2D eigenvalue weighted by molar-refractivity contribution is 6.33. The molecule has 0 spiro atoms. The maximum Gasteiger partial charge on any atom is 0.310 e. The van der Waals surface area contributed by atoms with Crippen LogP contribution in [0.4, 0.5) is 11.4 Å². The Bertz CT molecular complexity index is 436. The zero-order valence-electron chi connectivity index (χ0n) is 11.2. The maximum absolute atomic E-state index is 11.2. The van der Waals surface area contributed by atoms with Gasteiger partial charge in [-0.2, -0.15) is 0 Å². The number of nitro groups is 1. The number of halogens is 1. The summed E-state index contributed by atoms with van der Waals surface area (Å²) in [4.78, 5) is 12.6. The van der Waals surface area contributed by atoms with Crippen LogP contribution >= 0.6 is 11.6 Å². The van der Waals surface area contributed by atoms with Gasteiger partial charge in [0.2, 0.25) is 0 Å². The van der Waals surface area contributed by atoms with Crippen LogP contribution in [0, 0.1) is 10.1 Å². The first-order valence-electron chi connectivity index (χ1n) is 6.37. The maximum atomic E-state index is 11.2. The van der Waals surface area contributed by atoms with Gasteiger partial charge < -0.3 is 10.0 Å². The molecule has 0 aliphatic rings. The minimum Gasteiger partial charge on any atom is -0.395 e. The van der Waals surface area contributed by atoms with Gasteiger partial charge in [-0.25, -0.2) is 0 Å². The lowest BCUT2D eigenvalue weighted by molar-refractivity contribution is -0.384. The van der Waals surface area contributed by atoms with Gasteiger partial charge in [0.15, 0.2) is 0 Å². The van der Waals surface area contributed by atoms with E-state index < -0.39 is 4.92 Å². The molecule has 0 unspecified atom stereocenters. The molecule has 0 atom stereocenters. The van der Waals surface area contributed by atoms with Crippen molar-refractivity contribution in [2.75, 3.05) is 18.1 Å². The van der Waals surface area contributed by atoms with E-state index in [9.17, 15) is 15.2 Å². The van der Waals surface area contributed by atoms with Crippen LogP contribution in [0.2, 0.25) is 5.02 Å². The van der Waals surface area contributed by atoms with Crippen molar-refractivity contribution in [1.29, 1.82) is 0 Å². The molecular weight excluding hydrogens is 268 g/mol. The van der Waals surface area contributed by atoms with Gasteiger partial charge in [0, 0.05) is 12.6 Å². The van der Waals surface area contributed by atoms with E-state index in [2.05, 4.69) is 0 Å². The zero-order valence-corrected chi connectivity index (χ0v) is 11.9. The molecule has 0 aliphatic heterocycles. The van der Waals surface area contributed by atoms with Crippen LogP contribution in [-0.2, 0) is 0 Å². The van der Waals surface area contributed by atoms with Crippen LogP contribution in [0.15, 0.2) is 18.2 Å². The minimum atomic E-state index is -0.468. The standard InChI is InChI=1S/C13H19ClN2O3/c1-3-10(4-2)15(8-9-17)12-7-5-6-11(14)13(12)16(18)19/h5-7,10,17H,3-4,8-9H2,1-2H3. The van der Waals surface area contributed by atoms with Crippen LogP contribution in [-0.4, -0.2) is 29.2 Å². The molecule has 0 aliphatic carbocycles. The Balaban J connectivity index is 3.29. The van der Waals surface area contributed by atoms with Gasteiger partial charge in [0.25, 0.3) is 0 Å². The molecule has 1 rings (SSSR count). The number of rotatable bonds is 7. The smallest absolute Gasteiger partial charge is 0.310 e. The number of anilines is 1. The third kappa shape index (κ3) is 3.58. The summed E-state index contributed by atoms with van der Waals surface area (Å²) in [5.74, 6) is 0. The van der Waals surface area contributed by atoms with Crippen molar-refractivity contribution >= 4 is 23.0 Å². The van der Waals surface area contributed by atoms with Crippen LogP contribution in [0.3, 0.4) is 0 Å². The van der Waals surface area contributed by atoms with Gasteiger partial charge in [0.1, 0.15) is 10.7 Å². The number of nitrogens with zero attached hydrogens (tertiary/aromatic N) is 2. The molecule has 1 N–H and O–H groups in total. The number of benzene rings is 1. The van der Waals surface area contributed by atoms with Gasteiger partial charge in [-0.15, -0.1) is 0 Å². The first-order valence-corrected chi connectivity index (χ1v) is 6.74.